The Morgan fingerprint density at radius 1 is 1.24 bits per heavy atom. The number of carbonyl (C=O) groups is 2. The monoisotopic (exact) mass is 341 g/mol. The highest BCUT2D eigenvalue weighted by molar-refractivity contribution is 5.98. The molecule has 2 aromatic rings. The van der Waals surface area contributed by atoms with Gasteiger partial charge in [0.05, 0.1) is 17.4 Å². The maximum Gasteiger partial charge on any atom is 0.335 e. The number of carbonyl (C=O) groups excluding carboxylic acids is 1. The van der Waals surface area contributed by atoms with E-state index in [0.29, 0.717) is 23.6 Å². The van der Waals surface area contributed by atoms with Crippen LogP contribution in [0.5, 0.6) is 11.5 Å². The molecule has 1 atom stereocenters. The molecule has 0 aromatic heterocycles. The predicted octanol–water partition coefficient (Wildman–Crippen LogP) is 3.11. The van der Waals surface area contributed by atoms with Crippen molar-refractivity contribution in [3.8, 4) is 11.5 Å². The smallest absolute Gasteiger partial charge is 0.335 e. The van der Waals surface area contributed by atoms with Crippen molar-refractivity contribution in [2.24, 2.45) is 0 Å². The zero-order valence-corrected chi connectivity index (χ0v) is 14.0. The number of hydrogen-bond acceptors (Lipinski definition) is 4. The lowest BCUT2D eigenvalue weighted by molar-refractivity contribution is -0.122. The van der Waals surface area contributed by atoms with E-state index in [1.54, 1.807) is 6.07 Å². The zero-order valence-electron chi connectivity index (χ0n) is 14.0. The first kappa shape index (κ1) is 16.8. The maximum absolute atomic E-state index is 12.6. The summed E-state index contributed by atoms with van der Waals surface area (Å²) in [6.45, 7) is 3.71. The molecule has 2 N–H and O–H groups in total. The van der Waals surface area contributed by atoms with E-state index in [9.17, 15) is 9.59 Å². The summed E-state index contributed by atoms with van der Waals surface area (Å²) in [6.07, 6.45) is -0.294. The number of para-hydroxylation sites is 1. The van der Waals surface area contributed by atoms with Gasteiger partial charge in [-0.15, -0.1) is 0 Å². The Kier molecular flexibility index (Phi) is 4.61. The number of aromatic carboxylic acids is 1. The molecule has 1 unspecified atom stereocenters. The second-order valence-corrected chi connectivity index (χ2v) is 6.09. The van der Waals surface area contributed by atoms with E-state index in [-0.39, 0.29) is 17.6 Å². The predicted molar refractivity (Wildman–Crippen MR) is 92.4 cm³/mol. The number of ether oxygens (including phenoxy) is 2. The lowest BCUT2D eigenvalue weighted by Crippen LogP contribution is -2.31. The topological polar surface area (TPSA) is 84.9 Å². The van der Waals surface area contributed by atoms with Crippen LogP contribution in [0.3, 0.4) is 0 Å². The van der Waals surface area contributed by atoms with Crippen LogP contribution in [-0.2, 0) is 11.2 Å². The number of amides is 1. The SMILES string of the molecule is CC(C)Oc1ccc(C(=O)O)cc1NC(=O)C1Cc2ccccc2O1. The molecule has 0 radical (unpaired) electrons. The molecule has 1 amide bonds. The average Bonchev–Trinajstić information content (AvgIpc) is 3.00. The van der Waals surface area contributed by atoms with Crippen molar-refractivity contribution in [3.05, 3.63) is 53.6 Å². The van der Waals surface area contributed by atoms with Crippen LogP contribution in [0.4, 0.5) is 5.69 Å². The molecule has 0 saturated carbocycles. The maximum atomic E-state index is 12.6. The summed E-state index contributed by atoms with van der Waals surface area (Å²) >= 11 is 0. The highest BCUT2D eigenvalue weighted by Crippen LogP contribution is 2.31. The van der Waals surface area contributed by atoms with Gasteiger partial charge in [0.15, 0.2) is 6.10 Å². The fraction of sp³-hybridized carbons (Fsp3) is 0.263. The van der Waals surface area contributed by atoms with Gasteiger partial charge < -0.3 is 19.9 Å². The van der Waals surface area contributed by atoms with Gasteiger partial charge in [-0.2, -0.15) is 0 Å². The molecule has 6 heteroatoms. The van der Waals surface area contributed by atoms with Gasteiger partial charge in [-0.1, -0.05) is 18.2 Å². The van der Waals surface area contributed by atoms with Crippen LogP contribution in [0.2, 0.25) is 0 Å². The molecule has 3 rings (SSSR count). The first-order chi connectivity index (χ1) is 11.9. The van der Waals surface area contributed by atoms with Gasteiger partial charge in [0.25, 0.3) is 5.91 Å². The van der Waals surface area contributed by atoms with E-state index in [1.165, 1.54) is 12.1 Å². The van der Waals surface area contributed by atoms with Crippen molar-refractivity contribution in [1.29, 1.82) is 0 Å². The minimum absolute atomic E-state index is 0.0713. The number of fused-ring (bicyclic) bond motifs is 1. The van der Waals surface area contributed by atoms with E-state index < -0.39 is 12.1 Å². The highest BCUT2D eigenvalue weighted by Gasteiger charge is 2.29. The normalized spacial score (nSPS) is 15.4. The lowest BCUT2D eigenvalue weighted by Gasteiger charge is -2.17. The third-order valence-electron chi connectivity index (χ3n) is 3.79. The number of anilines is 1. The molecule has 130 valence electrons. The van der Waals surface area contributed by atoms with E-state index >= 15 is 0 Å². The van der Waals surface area contributed by atoms with E-state index in [0.717, 1.165) is 5.56 Å². The summed E-state index contributed by atoms with van der Waals surface area (Å²) in [6, 6.07) is 11.9. The van der Waals surface area contributed by atoms with Crippen LogP contribution in [0.15, 0.2) is 42.5 Å². The van der Waals surface area contributed by atoms with Crippen LogP contribution in [0, 0.1) is 0 Å². The molecule has 6 nitrogen and oxygen atoms in total. The van der Waals surface area contributed by atoms with Gasteiger partial charge in [0, 0.05) is 6.42 Å². The second-order valence-electron chi connectivity index (χ2n) is 6.09. The third-order valence-corrected chi connectivity index (χ3v) is 3.79. The molecule has 1 heterocycles. The minimum atomic E-state index is -1.07. The van der Waals surface area contributed by atoms with Crippen molar-refractivity contribution in [3.63, 3.8) is 0 Å². The molecule has 0 spiro atoms. The molecular weight excluding hydrogens is 322 g/mol. The summed E-state index contributed by atoms with van der Waals surface area (Å²) in [7, 11) is 0. The first-order valence-electron chi connectivity index (χ1n) is 8.03. The van der Waals surface area contributed by atoms with Gasteiger partial charge in [-0.05, 0) is 43.7 Å². The quantitative estimate of drug-likeness (QED) is 0.873. The third kappa shape index (κ3) is 3.74. The Balaban J connectivity index is 1.80. The lowest BCUT2D eigenvalue weighted by atomic mass is 10.1. The van der Waals surface area contributed by atoms with E-state index in [4.69, 9.17) is 14.6 Å². The molecular formula is C19H19NO5. The molecule has 0 bridgehead atoms. The summed E-state index contributed by atoms with van der Waals surface area (Å²) in [5, 5.41) is 11.9. The van der Waals surface area contributed by atoms with Crippen LogP contribution in [0.1, 0.15) is 29.8 Å². The van der Waals surface area contributed by atoms with Crippen LogP contribution >= 0.6 is 0 Å². The average molecular weight is 341 g/mol. The minimum Gasteiger partial charge on any atom is -0.489 e. The number of nitrogens with one attached hydrogen (secondary N) is 1. The Bertz CT molecular complexity index is 790. The molecule has 0 aliphatic carbocycles. The Labute approximate surface area is 145 Å². The fourth-order valence-corrected chi connectivity index (χ4v) is 2.66. The van der Waals surface area contributed by atoms with Crippen molar-refractivity contribution in [1.82, 2.24) is 0 Å². The van der Waals surface area contributed by atoms with Gasteiger partial charge in [0.2, 0.25) is 0 Å². The molecule has 25 heavy (non-hydrogen) atoms. The van der Waals surface area contributed by atoms with Crippen molar-refractivity contribution in [2.75, 3.05) is 5.32 Å². The zero-order chi connectivity index (χ0) is 18.0. The van der Waals surface area contributed by atoms with E-state index in [1.807, 2.05) is 38.1 Å². The summed E-state index contributed by atoms with van der Waals surface area (Å²) in [5.74, 6) is -0.298. The van der Waals surface area contributed by atoms with Gasteiger partial charge in [0.1, 0.15) is 11.5 Å². The van der Waals surface area contributed by atoms with Crippen molar-refractivity contribution >= 4 is 17.6 Å². The fourth-order valence-electron chi connectivity index (χ4n) is 2.66. The first-order valence-corrected chi connectivity index (χ1v) is 8.03. The number of benzene rings is 2. The van der Waals surface area contributed by atoms with Crippen LogP contribution < -0.4 is 14.8 Å². The van der Waals surface area contributed by atoms with E-state index in [2.05, 4.69) is 5.32 Å². The Morgan fingerprint density at radius 2 is 2.00 bits per heavy atom. The highest BCUT2D eigenvalue weighted by atomic mass is 16.5. The summed E-state index contributed by atoms with van der Waals surface area (Å²) < 4.78 is 11.3. The standard InChI is InChI=1S/C19H19NO5/c1-11(2)24-16-8-7-13(19(22)23)9-14(16)20-18(21)17-10-12-5-3-4-6-15(12)25-17/h3-9,11,17H,10H2,1-2H3,(H,20,21)(H,22,23). The molecule has 1 aliphatic heterocycles. The van der Waals surface area contributed by atoms with Crippen molar-refractivity contribution in [2.45, 2.75) is 32.5 Å². The number of rotatable bonds is 5. The number of carboxylic acids is 1. The largest absolute Gasteiger partial charge is 0.489 e. The Hall–Kier alpha value is -3.02. The van der Waals surface area contributed by atoms with Crippen molar-refractivity contribution < 1.29 is 24.2 Å². The summed E-state index contributed by atoms with van der Waals surface area (Å²) in [4.78, 5) is 23.8. The molecule has 1 aliphatic rings. The van der Waals surface area contributed by atoms with Gasteiger partial charge in [-0.25, -0.2) is 4.79 Å². The van der Waals surface area contributed by atoms with Gasteiger partial charge in [-0.3, -0.25) is 4.79 Å². The molecule has 0 saturated heterocycles. The van der Waals surface area contributed by atoms with Crippen LogP contribution in [0.25, 0.3) is 0 Å². The molecule has 0 fully saturated rings. The number of carboxylic acid groups (broad SMARTS) is 1. The summed E-state index contributed by atoms with van der Waals surface area (Å²) in [5.41, 5.74) is 1.36. The van der Waals surface area contributed by atoms with Crippen LogP contribution in [-0.4, -0.2) is 29.2 Å². The molecule has 2 aromatic carbocycles. The number of hydrogen-bond donors (Lipinski definition) is 2. The Morgan fingerprint density at radius 3 is 2.68 bits per heavy atom. The second kappa shape index (κ2) is 6.84. The van der Waals surface area contributed by atoms with Gasteiger partial charge >= 0.3 is 5.97 Å².